The number of thiocarbonyl (C=S) groups is 1. The molecule has 28 heavy (non-hydrogen) atoms. The fraction of sp³-hybridized carbons (Fsp3) is 0. The van der Waals surface area contributed by atoms with Crippen LogP contribution in [0.1, 0.15) is 5.76 Å². The summed E-state index contributed by atoms with van der Waals surface area (Å²) in [5, 5.41) is 6.78. The van der Waals surface area contributed by atoms with Gasteiger partial charge < -0.3 is 9.73 Å². The van der Waals surface area contributed by atoms with Gasteiger partial charge in [0.1, 0.15) is 11.5 Å². The number of halogens is 3. The monoisotopic (exact) mass is 542 g/mol. The number of nitrogens with one attached hydrogen (secondary N) is 2. The molecule has 4 nitrogen and oxygen atoms in total. The van der Waals surface area contributed by atoms with E-state index in [1.807, 2.05) is 24.3 Å². The Morgan fingerprint density at radius 2 is 1.82 bits per heavy atom. The minimum atomic E-state index is -0.370. The van der Waals surface area contributed by atoms with Gasteiger partial charge in [0.05, 0.1) is 5.02 Å². The van der Waals surface area contributed by atoms with E-state index in [4.69, 9.17) is 39.8 Å². The van der Waals surface area contributed by atoms with Gasteiger partial charge in [-0.15, -0.1) is 0 Å². The first kappa shape index (κ1) is 20.9. The van der Waals surface area contributed by atoms with Crippen LogP contribution < -0.4 is 10.6 Å². The van der Waals surface area contributed by atoms with Crippen molar-refractivity contribution in [2.75, 3.05) is 5.32 Å². The van der Waals surface area contributed by atoms with Crippen molar-refractivity contribution in [3.05, 3.63) is 80.0 Å². The molecule has 2 aromatic carbocycles. The predicted molar refractivity (Wildman–Crippen MR) is 127 cm³/mol. The molecule has 0 radical (unpaired) electrons. The summed E-state index contributed by atoms with van der Waals surface area (Å²) < 4.78 is 6.82. The molecule has 1 amide bonds. The fourth-order valence-corrected chi connectivity index (χ4v) is 3.36. The van der Waals surface area contributed by atoms with Gasteiger partial charge in [0.15, 0.2) is 5.11 Å². The lowest BCUT2D eigenvalue weighted by Crippen LogP contribution is -2.32. The second-order valence-corrected chi connectivity index (χ2v) is 8.11. The number of benzene rings is 2. The lowest BCUT2D eigenvalue weighted by atomic mass is 10.2. The molecule has 1 heterocycles. The molecule has 0 unspecified atom stereocenters. The number of rotatable bonds is 4. The minimum absolute atomic E-state index is 0.212. The van der Waals surface area contributed by atoms with Crippen LogP contribution in [0.25, 0.3) is 17.4 Å². The van der Waals surface area contributed by atoms with E-state index in [2.05, 4.69) is 33.2 Å². The van der Waals surface area contributed by atoms with Crippen LogP contribution in [0.2, 0.25) is 10.0 Å². The largest absolute Gasteiger partial charge is 0.457 e. The van der Waals surface area contributed by atoms with E-state index in [1.54, 1.807) is 36.4 Å². The molecule has 1 aromatic heterocycles. The van der Waals surface area contributed by atoms with Crippen molar-refractivity contribution in [1.29, 1.82) is 0 Å². The van der Waals surface area contributed by atoms with E-state index in [9.17, 15) is 4.79 Å². The summed E-state index contributed by atoms with van der Waals surface area (Å²) in [6.07, 6.45) is 2.89. The summed E-state index contributed by atoms with van der Waals surface area (Å²) >= 11 is 19.4. The quantitative estimate of drug-likeness (QED) is 0.228. The van der Waals surface area contributed by atoms with Crippen LogP contribution in [0.4, 0.5) is 5.69 Å². The Kier molecular flexibility index (Phi) is 7.12. The number of furan rings is 1. The summed E-state index contributed by atoms with van der Waals surface area (Å²) in [6, 6.07) is 16.3. The van der Waals surface area contributed by atoms with Gasteiger partial charge in [-0.3, -0.25) is 10.1 Å². The molecular formula is C20H13Cl2IN2O2S. The molecule has 3 rings (SSSR count). The molecule has 0 spiro atoms. The lowest BCUT2D eigenvalue weighted by molar-refractivity contribution is -0.115. The first-order valence-electron chi connectivity index (χ1n) is 8.01. The summed E-state index contributed by atoms with van der Waals surface area (Å²) in [5.74, 6) is 0.718. The van der Waals surface area contributed by atoms with Crippen LogP contribution in [0.3, 0.4) is 0 Å². The van der Waals surface area contributed by atoms with Crippen molar-refractivity contribution in [2.45, 2.75) is 0 Å². The van der Waals surface area contributed by atoms with Crippen molar-refractivity contribution in [2.24, 2.45) is 0 Å². The fourth-order valence-electron chi connectivity index (χ4n) is 2.28. The maximum atomic E-state index is 12.0. The summed E-state index contributed by atoms with van der Waals surface area (Å²) in [7, 11) is 0. The van der Waals surface area contributed by atoms with Gasteiger partial charge in [0.25, 0.3) is 0 Å². The molecule has 0 aliphatic heterocycles. The molecule has 3 aromatic rings. The molecule has 2 N–H and O–H groups in total. The molecule has 142 valence electrons. The second kappa shape index (κ2) is 9.56. The first-order valence-corrected chi connectivity index (χ1v) is 10.3. The molecule has 0 saturated heterocycles. The van der Waals surface area contributed by atoms with Gasteiger partial charge in [0, 0.05) is 25.9 Å². The molecule has 0 saturated carbocycles. The van der Waals surface area contributed by atoms with E-state index < -0.39 is 0 Å². The highest BCUT2D eigenvalue weighted by Crippen LogP contribution is 2.31. The van der Waals surface area contributed by atoms with E-state index in [0.29, 0.717) is 21.6 Å². The smallest absolute Gasteiger partial charge is 0.250 e. The van der Waals surface area contributed by atoms with Gasteiger partial charge in [-0.2, -0.15) is 0 Å². The Morgan fingerprint density at radius 3 is 2.54 bits per heavy atom. The molecule has 0 fully saturated rings. The van der Waals surface area contributed by atoms with E-state index in [0.717, 1.165) is 14.8 Å². The SMILES string of the molecule is O=C(/C=C/c1ccc(-c2ccc(Cl)cc2Cl)o1)NC(=S)Nc1ccc(I)cc1. The molecule has 0 bridgehead atoms. The average Bonchev–Trinajstić information content (AvgIpc) is 3.10. The normalized spacial score (nSPS) is 10.8. The topological polar surface area (TPSA) is 54.3 Å². The molecule has 0 atom stereocenters. The van der Waals surface area contributed by atoms with Gasteiger partial charge in [-0.1, -0.05) is 23.2 Å². The number of hydrogen-bond donors (Lipinski definition) is 2. The van der Waals surface area contributed by atoms with Crippen LogP contribution in [0.15, 0.2) is 65.1 Å². The Labute approximate surface area is 191 Å². The third-order valence-electron chi connectivity index (χ3n) is 3.56. The number of anilines is 1. The minimum Gasteiger partial charge on any atom is -0.457 e. The van der Waals surface area contributed by atoms with Crippen LogP contribution in [0, 0.1) is 3.57 Å². The lowest BCUT2D eigenvalue weighted by Gasteiger charge is -2.07. The zero-order valence-corrected chi connectivity index (χ0v) is 18.7. The van der Waals surface area contributed by atoms with Crippen LogP contribution in [0.5, 0.6) is 0 Å². The van der Waals surface area contributed by atoms with Crippen LogP contribution >= 0.6 is 58.0 Å². The van der Waals surface area contributed by atoms with Crippen molar-refractivity contribution >= 4 is 80.8 Å². The zero-order valence-electron chi connectivity index (χ0n) is 14.2. The Bertz CT molecular complexity index is 1050. The van der Waals surface area contributed by atoms with E-state index >= 15 is 0 Å². The molecule has 8 heteroatoms. The van der Waals surface area contributed by atoms with Gasteiger partial charge in [-0.05, 0) is 95.5 Å². The molecular weight excluding hydrogens is 530 g/mol. The van der Waals surface area contributed by atoms with Crippen molar-refractivity contribution in [3.63, 3.8) is 0 Å². The summed E-state index contributed by atoms with van der Waals surface area (Å²) in [6.45, 7) is 0. The number of carbonyl (C=O) groups is 1. The van der Waals surface area contributed by atoms with E-state index in [1.165, 1.54) is 6.08 Å². The Hall–Kier alpha value is -1.87. The molecule has 0 aliphatic rings. The maximum Gasteiger partial charge on any atom is 0.250 e. The van der Waals surface area contributed by atoms with E-state index in [-0.39, 0.29) is 11.0 Å². The highest BCUT2D eigenvalue weighted by atomic mass is 127. The zero-order chi connectivity index (χ0) is 20.1. The average molecular weight is 543 g/mol. The van der Waals surface area contributed by atoms with Crippen LogP contribution in [-0.2, 0) is 4.79 Å². The standard InChI is InChI=1S/C20H13Cl2IN2O2S/c21-12-1-8-16(17(22)11-12)18-9-6-15(27-18)7-10-19(26)25-20(28)24-14-4-2-13(23)3-5-14/h1-11H,(H2,24,25,26,28)/b10-7+. The van der Waals surface area contributed by atoms with Gasteiger partial charge >= 0.3 is 0 Å². The number of hydrogen-bond acceptors (Lipinski definition) is 3. The third-order valence-corrected chi connectivity index (χ3v) is 5.03. The van der Waals surface area contributed by atoms with Gasteiger partial charge in [0.2, 0.25) is 5.91 Å². The highest BCUT2D eigenvalue weighted by Gasteiger charge is 2.09. The highest BCUT2D eigenvalue weighted by molar-refractivity contribution is 14.1. The number of carbonyl (C=O) groups excluding carboxylic acids is 1. The van der Waals surface area contributed by atoms with Crippen molar-refractivity contribution in [3.8, 4) is 11.3 Å². The maximum absolute atomic E-state index is 12.0. The first-order chi connectivity index (χ1) is 13.4. The number of amides is 1. The molecule has 0 aliphatic carbocycles. The van der Waals surface area contributed by atoms with Crippen LogP contribution in [-0.4, -0.2) is 11.0 Å². The Balaban J connectivity index is 1.59. The van der Waals surface area contributed by atoms with Crippen molar-refractivity contribution < 1.29 is 9.21 Å². The van der Waals surface area contributed by atoms with Crippen molar-refractivity contribution in [1.82, 2.24) is 5.32 Å². The second-order valence-electron chi connectivity index (χ2n) is 5.61. The summed E-state index contributed by atoms with van der Waals surface area (Å²) in [5.41, 5.74) is 1.52. The van der Waals surface area contributed by atoms with Gasteiger partial charge in [-0.25, -0.2) is 0 Å². The Morgan fingerprint density at radius 1 is 1.07 bits per heavy atom. The predicted octanol–water partition coefficient (Wildman–Crippen LogP) is 6.38. The third kappa shape index (κ3) is 5.81. The summed E-state index contributed by atoms with van der Waals surface area (Å²) in [4.78, 5) is 12.0.